The van der Waals surface area contributed by atoms with Gasteiger partial charge in [0.05, 0.1) is 16.8 Å². The Morgan fingerprint density at radius 3 is 2.68 bits per heavy atom. The lowest BCUT2D eigenvalue weighted by Crippen LogP contribution is -2.41. The van der Waals surface area contributed by atoms with Gasteiger partial charge in [-0.25, -0.2) is 4.79 Å². The molecule has 8 heteroatoms. The Kier molecular flexibility index (Phi) is 8.69. The summed E-state index contributed by atoms with van der Waals surface area (Å²) in [6.45, 7) is 15.0. The molecule has 0 spiro atoms. The number of aromatic amines is 1. The lowest BCUT2D eigenvalue weighted by Gasteiger charge is -2.34. The van der Waals surface area contributed by atoms with Crippen LogP contribution in [-0.4, -0.2) is 56.8 Å². The van der Waals surface area contributed by atoms with Gasteiger partial charge in [0.2, 0.25) is 5.78 Å². The van der Waals surface area contributed by atoms with Crippen molar-refractivity contribution in [3.05, 3.63) is 93.4 Å². The third kappa shape index (κ3) is 5.98. The molecule has 0 aliphatic carbocycles. The Morgan fingerprint density at radius 1 is 1.20 bits per heavy atom. The Balaban J connectivity index is 1.35. The third-order valence-corrected chi connectivity index (χ3v) is 7.99. The van der Waals surface area contributed by atoms with Gasteiger partial charge in [0.15, 0.2) is 0 Å². The number of carbonyl (C=O) groups is 1. The third-order valence-electron chi connectivity index (χ3n) is 7.99. The molecule has 2 aliphatic rings. The van der Waals surface area contributed by atoms with E-state index in [-0.39, 0.29) is 23.6 Å². The van der Waals surface area contributed by atoms with E-state index in [4.69, 9.17) is 4.74 Å². The number of allylic oxidation sites excluding steroid dienone is 4. The second kappa shape index (κ2) is 12.6. The van der Waals surface area contributed by atoms with Crippen molar-refractivity contribution in [1.82, 2.24) is 19.0 Å². The topological polar surface area (TPSA) is 84.6 Å². The van der Waals surface area contributed by atoms with E-state index in [2.05, 4.69) is 32.6 Å². The van der Waals surface area contributed by atoms with Crippen LogP contribution in [0, 0.1) is 0 Å². The van der Waals surface area contributed by atoms with Crippen molar-refractivity contribution in [3.8, 4) is 0 Å². The van der Waals surface area contributed by atoms with Gasteiger partial charge in [0, 0.05) is 66.9 Å². The lowest BCUT2D eigenvalue weighted by atomic mass is 10.0. The molecular formula is C33H39N5O3. The molecule has 0 bridgehead atoms. The first-order valence-corrected chi connectivity index (χ1v) is 14.4. The lowest BCUT2D eigenvalue weighted by molar-refractivity contribution is 0.0975. The van der Waals surface area contributed by atoms with Crippen molar-refractivity contribution < 1.29 is 9.53 Å². The summed E-state index contributed by atoms with van der Waals surface area (Å²) in [6.07, 6.45) is 15.0. The highest BCUT2D eigenvalue weighted by Crippen LogP contribution is 2.28. The molecule has 3 aromatic rings. The Labute approximate surface area is 240 Å². The fourth-order valence-electron chi connectivity index (χ4n) is 5.92. The maximum absolute atomic E-state index is 13.9. The largest absolute Gasteiger partial charge is 0.376 e. The monoisotopic (exact) mass is 553 g/mol. The molecule has 2 aromatic heterocycles. The number of H-pyrrole nitrogens is 1. The van der Waals surface area contributed by atoms with Gasteiger partial charge in [-0.15, -0.1) is 0 Å². The number of rotatable bonds is 9. The van der Waals surface area contributed by atoms with E-state index < -0.39 is 0 Å². The average Bonchev–Trinajstić information content (AvgIpc) is 3.69. The van der Waals surface area contributed by atoms with E-state index in [1.807, 2.05) is 67.1 Å². The first-order chi connectivity index (χ1) is 19.9. The minimum absolute atomic E-state index is 0.0588. The number of Topliss-reactive ketones (excluding diaryl/α,β-unsaturated/α-hetero) is 1. The van der Waals surface area contributed by atoms with Gasteiger partial charge in [-0.05, 0) is 57.7 Å². The highest BCUT2D eigenvalue weighted by Gasteiger charge is 2.25. The number of nitrogens with zero attached hydrogens (tertiary/aromatic N) is 4. The van der Waals surface area contributed by atoms with Gasteiger partial charge in [0.25, 0.3) is 0 Å². The van der Waals surface area contributed by atoms with Gasteiger partial charge >= 0.3 is 5.69 Å². The normalized spacial score (nSPS) is 19.4. The number of nitrogens with one attached hydrogen (secondary N) is 1. The van der Waals surface area contributed by atoms with Crippen LogP contribution in [0.25, 0.3) is 23.6 Å². The minimum Gasteiger partial charge on any atom is -0.376 e. The number of carbonyl (C=O) groups excluding carboxylic acids is 1. The minimum atomic E-state index is -0.133. The van der Waals surface area contributed by atoms with E-state index in [9.17, 15) is 9.59 Å². The summed E-state index contributed by atoms with van der Waals surface area (Å²) in [6, 6.07) is 8.05. The van der Waals surface area contributed by atoms with Crippen LogP contribution < -0.4 is 16.4 Å². The molecule has 8 nitrogen and oxygen atoms in total. The molecule has 1 aromatic carbocycles. The first-order valence-electron chi connectivity index (χ1n) is 14.4. The molecule has 0 saturated carbocycles. The zero-order valence-corrected chi connectivity index (χ0v) is 24.0. The number of ketones is 1. The molecule has 1 N–H and O–H groups in total. The van der Waals surface area contributed by atoms with Crippen LogP contribution in [0.2, 0.25) is 0 Å². The molecule has 214 valence electrons. The second-order valence-electron chi connectivity index (χ2n) is 10.7. The predicted molar refractivity (Wildman–Crippen MR) is 166 cm³/mol. The van der Waals surface area contributed by atoms with E-state index in [1.54, 1.807) is 12.3 Å². The maximum atomic E-state index is 13.9. The summed E-state index contributed by atoms with van der Waals surface area (Å²) in [4.78, 5) is 36.0. The van der Waals surface area contributed by atoms with Crippen LogP contribution in [-0.2, 0) is 11.3 Å². The Bertz CT molecular complexity index is 1690. The van der Waals surface area contributed by atoms with Crippen LogP contribution in [0.3, 0.4) is 0 Å². The number of imidazole rings is 1. The van der Waals surface area contributed by atoms with Gasteiger partial charge in [0.1, 0.15) is 5.70 Å². The number of piperidine rings is 1. The standard InChI is InChI=1S/C33H39N5O3/c1-5-7-13-30-24(4)35-33(40)38(30)25-15-17-36(18-16-25)23(3)20-29(34-6-2)32(39)28-22-37(21-26-11-10-19-41-26)31-14-9-8-12-27(28)31/h5-9,12-14,20,22,25-26H,3-4,10-11,15-19,21H2,1-2H3,(H,35,40)/b7-5-,29-20-,30-13+,34-6-. The summed E-state index contributed by atoms with van der Waals surface area (Å²) in [7, 11) is 0. The number of aromatic nitrogens is 3. The second-order valence-corrected chi connectivity index (χ2v) is 10.7. The number of likely N-dealkylation sites (tertiary alicyclic amines) is 1. The summed E-state index contributed by atoms with van der Waals surface area (Å²) >= 11 is 0. The van der Waals surface area contributed by atoms with Gasteiger partial charge < -0.3 is 19.2 Å². The molecule has 0 radical (unpaired) electrons. The molecular weight excluding hydrogens is 514 g/mol. The van der Waals surface area contributed by atoms with Gasteiger partial charge in [-0.3, -0.25) is 14.4 Å². The number of hydrogen-bond acceptors (Lipinski definition) is 5. The highest BCUT2D eigenvalue weighted by molar-refractivity contribution is 6.16. The SMILES string of the molecule is C=C(/C=C(\N=C/C)C(=O)c1cn(CC2CCCO2)c2ccccc12)N1CCC(n2c(=O)[nH]c(=C)/c2=C\C=C/C)CC1. The fraction of sp³-hybridized carbons (Fsp3) is 0.364. The van der Waals surface area contributed by atoms with Crippen molar-refractivity contribution in [2.24, 2.45) is 4.99 Å². The zero-order valence-electron chi connectivity index (χ0n) is 24.0. The average molecular weight is 554 g/mol. The molecule has 41 heavy (non-hydrogen) atoms. The molecule has 2 saturated heterocycles. The van der Waals surface area contributed by atoms with Crippen LogP contribution in [0.15, 0.2) is 76.5 Å². The smallest absolute Gasteiger partial charge is 0.326 e. The van der Waals surface area contributed by atoms with Crippen LogP contribution in [0.4, 0.5) is 0 Å². The zero-order chi connectivity index (χ0) is 28.9. The quantitative estimate of drug-likeness (QED) is 0.187. The van der Waals surface area contributed by atoms with Gasteiger partial charge in [-0.1, -0.05) is 43.5 Å². The Morgan fingerprint density at radius 2 is 1.98 bits per heavy atom. The molecule has 4 heterocycles. The molecule has 0 amide bonds. The first kappa shape index (κ1) is 28.4. The molecule has 2 fully saturated rings. The summed E-state index contributed by atoms with van der Waals surface area (Å²) in [5, 5.41) is 2.35. The van der Waals surface area contributed by atoms with E-state index in [0.717, 1.165) is 60.8 Å². The van der Waals surface area contributed by atoms with E-state index >= 15 is 0 Å². The predicted octanol–water partition coefficient (Wildman–Crippen LogP) is 4.09. The molecule has 5 rings (SSSR count). The van der Waals surface area contributed by atoms with Crippen molar-refractivity contribution in [2.75, 3.05) is 19.7 Å². The summed E-state index contributed by atoms with van der Waals surface area (Å²) < 4.78 is 9.82. The van der Waals surface area contributed by atoms with Crippen molar-refractivity contribution in [1.29, 1.82) is 0 Å². The molecule has 2 aliphatic heterocycles. The number of benzene rings is 1. The van der Waals surface area contributed by atoms with E-state index in [0.29, 0.717) is 29.7 Å². The van der Waals surface area contributed by atoms with Gasteiger partial charge in [-0.2, -0.15) is 0 Å². The van der Waals surface area contributed by atoms with Crippen molar-refractivity contribution >= 4 is 35.6 Å². The fourth-order valence-corrected chi connectivity index (χ4v) is 5.92. The number of hydrogen-bond donors (Lipinski definition) is 1. The number of aliphatic imine (C=N–C) groups is 1. The number of fused-ring (bicyclic) bond motifs is 1. The van der Waals surface area contributed by atoms with Crippen molar-refractivity contribution in [2.45, 2.75) is 58.2 Å². The number of para-hydroxylation sites is 1. The molecule has 1 atom stereocenters. The van der Waals surface area contributed by atoms with Crippen LogP contribution >= 0.6 is 0 Å². The number of ether oxygens (including phenoxy) is 1. The van der Waals surface area contributed by atoms with Crippen molar-refractivity contribution in [3.63, 3.8) is 0 Å². The highest BCUT2D eigenvalue weighted by atomic mass is 16.5. The molecule has 1 unspecified atom stereocenters. The Hall–Kier alpha value is -4.17. The summed E-state index contributed by atoms with van der Waals surface area (Å²) in [5.74, 6) is -0.132. The van der Waals surface area contributed by atoms with Crippen LogP contribution in [0.5, 0.6) is 0 Å². The maximum Gasteiger partial charge on any atom is 0.326 e. The van der Waals surface area contributed by atoms with Crippen LogP contribution in [0.1, 0.15) is 55.9 Å². The van der Waals surface area contributed by atoms with E-state index in [1.165, 1.54) is 0 Å². The summed E-state index contributed by atoms with van der Waals surface area (Å²) in [5.41, 5.74) is 2.60.